The molecule has 0 radical (unpaired) electrons. The predicted octanol–water partition coefficient (Wildman–Crippen LogP) is 4.78. The molecular formula is C20H24F6N2O2. The number of likely N-dealkylation sites (tertiary alicyclic amines) is 1. The molecule has 168 valence electrons. The fraction of sp³-hybridized carbons (Fsp3) is 0.650. The first-order valence-corrected chi connectivity index (χ1v) is 9.97. The van der Waals surface area contributed by atoms with Crippen molar-refractivity contribution in [1.82, 2.24) is 4.90 Å². The predicted molar refractivity (Wildman–Crippen MR) is 98.2 cm³/mol. The fourth-order valence-electron chi connectivity index (χ4n) is 3.88. The maximum atomic E-state index is 13.9. The molecule has 2 heterocycles. The van der Waals surface area contributed by atoms with Gasteiger partial charge in [-0.3, -0.25) is 9.69 Å². The molecular weight excluding hydrogens is 414 g/mol. The number of piperidine rings is 1. The van der Waals surface area contributed by atoms with Crippen LogP contribution in [0.25, 0.3) is 0 Å². The Balaban J connectivity index is 1.33. The number of fused-ring (bicyclic) bond motifs is 1. The van der Waals surface area contributed by atoms with Gasteiger partial charge in [-0.25, -0.2) is 4.39 Å². The zero-order valence-electron chi connectivity index (χ0n) is 16.3. The Morgan fingerprint density at radius 1 is 1.10 bits per heavy atom. The van der Waals surface area contributed by atoms with Crippen LogP contribution in [0.1, 0.15) is 37.7 Å². The monoisotopic (exact) mass is 438 g/mol. The van der Waals surface area contributed by atoms with Crippen LogP contribution in [0.3, 0.4) is 0 Å². The number of carbonyl (C=O) groups excluding carboxylic acids is 1. The van der Waals surface area contributed by atoms with Crippen LogP contribution < -0.4 is 10.1 Å². The van der Waals surface area contributed by atoms with E-state index in [1.807, 2.05) is 0 Å². The van der Waals surface area contributed by atoms with Crippen molar-refractivity contribution in [3.8, 4) is 5.75 Å². The number of nitrogens with one attached hydrogen (secondary N) is 1. The van der Waals surface area contributed by atoms with E-state index in [0.29, 0.717) is 37.2 Å². The summed E-state index contributed by atoms with van der Waals surface area (Å²) in [5, 5.41) is 2.46. The van der Waals surface area contributed by atoms with Crippen molar-refractivity contribution >= 4 is 11.6 Å². The summed E-state index contributed by atoms with van der Waals surface area (Å²) >= 11 is 0. The number of alkyl halides is 5. The number of benzene rings is 1. The molecule has 1 N–H and O–H groups in total. The van der Waals surface area contributed by atoms with E-state index in [0.717, 1.165) is 12.8 Å². The molecule has 1 fully saturated rings. The van der Waals surface area contributed by atoms with Crippen molar-refractivity contribution in [3.63, 3.8) is 0 Å². The smallest absolute Gasteiger partial charge is 0.454 e. The van der Waals surface area contributed by atoms with Gasteiger partial charge in [0.2, 0.25) is 5.91 Å². The number of ether oxygens (including phenoxy) is 1. The standard InChI is InChI=1S/C20H24F6N2O2/c21-16-11-15(9-14-10-17(29)27-18(14)16)30-8-2-1-3-13-4-6-28(7-5-13)12-19(22,23)20(24,25)26/h9,11,13H,1-8,10,12H2,(H,27,29). The van der Waals surface area contributed by atoms with Gasteiger partial charge in [0.05, 0.1) is 25.3 Å². The SMILES string of the molecule is O=C1Cc2cc(OCCCCC3CCN(CC(F)(F)C(F)(F)F)CC3)cc(F)c2N1. The number of anilines is 1. The van der Waals surface area contributed by atoms with Crippen LogP contribution in [0.15, 0.2) is 12.1 Å². The molecule has 2 aliphatic rings. The summed E-state index contributed by atoms with van der Waals surface area (Å²) in [6.45, 7) is -0.451. The fourth-order valence-corrected chi connectivity index (χ4v) is 3.88. The van der Waals surface area contributed by atoms with Crippen LogP contribution in [-0.2, 0) is 11.2 Å². The highest BCUT2D eigenvalue weighted by Crippen LogP contribution is 2.37. The Kier molecular flexibility index (Phi) is 6.84. The van der Waals surface area contributed by atoms with E-state index in [1.54, 1.807) is 6.07 Å². The number of amides is 1. The molecule has 2 aliphatic heterocycles. The molecule has 0 aliphatic carbocycles. The number of rotatable bonds is 8. The molecule has 1 amide bonds. The Bertz CT molecular complexity index is 760. The van der Waals surface area contributed by atoms with Crippen molar-refractivity contribution in [3.05, 3.63) is 23.5 Å². The Labute approximate surface area is 170 Å². The van der Waals surface area contributed by atoms with Gasteiger partial charge in [-0.05, 0) is 56.3 Å². The first-order valence-electron chi connectivity index (χ1n) is 9.97. The quantitative estimate of drug-likeness (QED) is 0.469. The number of unbranched alkanes of at least 4 members (excludes halogenated alkanes) is 1. The summed E-state index contributed by atoms with van der Waals surface area (Å²) in [6, 6.07) is 2.87. The van der Waals surface area contributed by atoms with Gasteiger partial charge in [0.15, 0.2) is 5.82 Å². The zero-order valence-corrected chi connectivity index (χ0v) is 16.3. The van der Waals surface area contributed by atoms with Crippen molar-refractivity contribution in [2.24, 2.45) is 5.92 Å². The molecule has 0 aromatic heterocycles. The summed E-state index contributed by atoms with van der Waals surface area (Å²) in [4.78, 5) is 12.5. The molecule has 0 bridgehead atoms. The van der Waals surface area contributed by atoms with E-state index in [4.69, 9.17) is 4.74 Å². The lowest BCUT2D eigenvalue weighted by atomic mass is 9.91. The second kappa shape index (κ2) is 9.03. The van der Waals surface area contributed by atoms with E-state index in [1.165, 1.54) is 11.0 Å². The minimum absolute atomic E-state index is 0.122. The Hall–Kier alpha value is -1.97. The molecule has 0 atom stereocenters. The second-order valence-electron chi connectivity index (χ2n) is 7.93. The van der Waals surface area contributed by atoms with E-state index in [9.17, 15) is 31.1 Å². The molecule has 1 aromatic rings. The van der Waals surface area contributed by atoms with Gasteiger partial charge in [0.25, 0.3) is 0 Å². The average Bonchev–Trinajstić information content (AvgIpc) is 3.02. The minimum Gasteiger partial charge on any atom is -0.493 e. The van der Waals surface area contributed by atoms with Crippen LogP contribution in [0.2, 0.25) is 0 Å². The average molecular weight is 438 g/mol. The molecule has 10 heteroatoms. The maximum absolute atomic E-state index is 13.9. The summed E-state index contributed by atoms with van der Waals surface area (Å²) in [5.41, 5.74) is 0.768. The molecule has 0 unspecified atom stereocenters. The largest absolute Gasteiger partial charge is 0.493 e. The molecule has 4 nitrogen and oxygen atoms in total. The van der Waals surface area contributed by atoms with Gasteiger partial charge in [-0.15, -0.1) is 0 Å². The first kappa shape index (κ1) is 22.7. The number of hydrogen-bond acceptors (Lipinski definition) is 3. The van der Waals surface area contributed by atoms with Crippen LogP contribution >= 0.6 is 0 Å². The normalized spacial score (nSPS) is 18.4. The van der Waals surface area contributed by atoms with Crippen LogP contribution in [0.4, 0.5) is 32.0 Å². The van der Waals surface area contributed by atoms with Crippen LogP contribution in [0.5, 0.6) is 5.75 Å². The highest BCUT2D eigenvalue weighted by atomic mass is 19.4. The maximum Gasteiger partial charge on any atom is 0.454 e. The van der Waals surface area contributed by atoms with Crippen molar-refractivity contribution < 1.29 is 35.9 Å². The number of nitrogens with zero attached hydrogens (tertiary/aromatic N) is 1. The Morgan fingerprint density at radius 3 is 2.47 bits per heavy atom. The third kappa shape index (κ3) is 5.59. The topological polar surface area (TPSA) is 41.6 Å². The van der Waals surface area contributed by atoms with Gasteiger partial charge in [-0.1, -0.05) is 6.42 Å². The lowest BCUT2D eigenvalue weighted by molar-refractivity contribution is -0.287. The van der Waals surface area contributed by atoms with E-state index in [-0.39, 0.29) is 37.0 Å². The second-order valence-corrected chi connectivity index (χ2v) is 7.93. The van der Waals surface area contributed by atoms with Crippen LogP contribution in [-0.4, -0.2) is 49.1 Å². The van der Waals surface area contributed by atoms with Crippen molar-refractivity contribution in [1.29, 1.82) is 0 Å². The van der Waals surface area contributed by atoms with E-state index >= 15 is 0 Å². The molecule has 0 saturated carbocycles. The number of carbonyl (C=O) groups is 1. The highest BCUT2D eigenvalue weighted by Gasteiger charge is 2.58. The first-order chi connectivity index (χ1) is 14.0. The van der Waals surface area contributed by atoms with Crippen LogP contribution in [0, 0.1) is 11.7 Å². The third-order valence-corrected chi connectivity index (χ3v) is 5.58. The van der Waals surface area contributed by atoms with Gasteiger partial charge < -0.3 is 10.1 Å². The lowest BCUT2D eigenvalue weighted by Gasteiger charge is -2.34. The molecule has 30 heavy (non-hydrogen) atoms. The minimum atomic E-state index is -5.52. The lowest BCUT2D eigenvalue weighted by Crippen LogP contribution is -2.49. The van der Waals surface area contributed by atoms with Crippen molar-refractivity contribution in [2.45, 2.75) is 50.6 Å². The van der Waals surface area contributed by atoms with E-state index in [2.05, 4.69) is 5.32 Å². The van der Waals surface area contributed by atoms with Gasteiger partial charge >= 0.3 is 12.1 Å². The van der Waals surface area contributed by atoms with Gasteiger partial charge in [0, 0.05) is 6.07 Å². The number of halogens is 6. The zero-order chi connectivity index (χ0) is 21.9. The molecule has 3 rings (SSSR count). The van der Waals surface area contributed by atoms with Gasteiger partial charge in [-0.2, -0.15) is 22.0 Å². The molecule has 0 spiro atoms. The molecule has 1 saturated heterocycles. The van der Waals surface area contributed by atoms with E-state index < -0.39 is 24.5 Å². The highest BCUT2D eigenvalue weighted by molar-refractivity contribution is 5.99. The summed E-state index contributed by atoms with van der Waals surface area (Å²) in [5.74, 6) is -4.82. The van der Waals surface area contributed by atoms with Gasteiger partial charge in [0.1, 0.15) is 5.75 Å². The summed E-state index contributed by atoms with van der Waals surface area (Å²) in [6.07, 6.45) is -1.85. The third-order valence-electron chi connectivity index (χ3n) is 5.58. The molecule has 1 aromatic carbocycles. The number of hydrogen-bond donors (Lipinski definition) is 1. The Morgan fingerprint density at radius 2 is 1.80 bits per heavy atom. The van der Waals surface area contributed by atoms with Crippen molar-refractivity contribution in [2.75, 3.05) is 31.6 Å². The summed E-state index contributed by atoms with van der Waals surface area (Å²) < 4.78 is 82.7. The summed E-state index contributed by atoms with van der Waals surface area (Å²) in [7, 11) is 0.